The third-order valence-electron chi connectivity index (χ3n) is 10.3. The maximum Gasteiger partial charge on any atom is 0.530 e. The van der Waals surface area contributed by atoms with Crippen molar-refractivity contribution >= 4 is 44.7 Å². The molecule has 0 aliphatic rings. The van der Waals surface area contributed by atoms with Crippen LogP contribution in [0.25, 0.3) is 32.7 Å². The normalized spacial score (nSPS) is 11.2. The molecule has 0 spiro atoms. The SMILES string of the molecule is CCOC(=O)c1cc2ccccc2c(-c2c(OP(Oc3ccccc3C)Oc3ccccc3C)c(C)cc3ccccc23)c1OP(Oc1ccccc1C)Oc1ccccc1C. The molecule has 0 saturated carbocycles. The van der Waals surface area contributed by atoms with Gasteiger partial charge in [0, 0.05) is 11.1 Å². The van der Waals surface area contributed by atoms with Gasteiger partial charge in [0.15, 0.2) is 5.75 Å². The summed E-state index contributed by atoms with van der Waals surface area (Å²) >= 11 is 0. The molecule has 8 aromatic carbocycles. The molecule has 8 aromatic rings. The van der Waals surface area contributed by atoms with Crippen molar-refractivity contribution in [2.24, 2.45) is 0 Å². The molecule has 0 aliphatic carbocycles. The second-order valence-electron chi connectivity index (χ2n) is 14.7. The van der Waals surface area contributed by atoms with Crippen molar-refractivity contribution in [3.63, 3.8) is 0 Å². The predicted molar refractivity (Wildman–Crippen MR) is 250 cm³/mol. The summed E-state index contributed by atoms with van der Waals surface area (Å²) in [6, 6.07) is 50.7. The number of ether oxygens (including phenoxy) is 1. The predicted octanol–water partition coefficient (Wildman–Crippen LogP) is 14.9. The molecule has 0 unspecified atom stereocenters. The molecule has 312 valence electrons. The number of rotatable bonds is 15. The van der Waals surface area contributed by atoms with Crippen molar-refractivity contribution in [1.29, 1.82) is 0 Å². The fourth-order valence-corrected chi connectivity index (χ4v) is 9.49. The van der Waals surface area contributed by atoms with Crippen LogP contribution in [0.5, 0.6) is 34.5 Å². The first kappa shape index (κ1) is 42.1. The van der Waals surface area contributed by atoms with Crippen LogP contribution in [0.1, 0.15) is 45.1 Å². The van der Waals surface area contributed by atoms with Gasteiger partial charge in [-0.25, -0.2) is 4.79 Å². The van der Waals surface area contributed by atoms with Gasteiger partial charge in [0.05, 0.1) is 6.61 Å². The van der Waals surface area contributed by atoms with Crippen LogP contribution in [0.15, 0.2) is 158 Å². The standard InChI is InChI=1S/C52H46O8P2/c1-7-54-52(53)43-33-40-25-13-15-27-42(40)49(51(43)60-62(57-46-30-18-10-22-36(46)4)58-47-31-19-11-23-37(47)5)48-41-26-14-12-24-39(41)32-38(6)50(48)59-61(55-44-28-16-8-20-34(44)2)56-45-29-17-9-21-35(45)3/h8-33H,7H2,1-6H3. The van der Waals surface area contributed by atoms with E-state index in [9.17, 15) is 4.79 Å². The second kappa shape index (κ2) is 19.0. The summed E-state index contributed by atoms with van der Waals surface area (Å²) in [7, 11) is -4.43. The number of hydrogen-bond acceptors (Lipinski definition) is 8. The van der Waals surface area contributed by atoms with Gasteiger partial charge in [-0.05, 0) is 127 Å². The molecule has 0 aliphatic heterocycles. The number of hydrogen-bond donors (Lipinski definition) is 0. The molecule has 8 nitrogen and oxygen atoms in total. The molecule has 8 rings (SSSR count). The van der Waals surface area contributed by atoms with E-state index in [1.165, 1.54) is 0 Å². The molecule has 10 heteroatoms. The van der Waals surface area contributed by atoms with E-state index in [4.69, 9.17) is 31.9 Å². The summed E-state index contributed by atoms with van der Waals surface area (Å²) in [4.78, 5) is 14.3. The van der Waals surface area contributed by atoms with Crippen LogP contribution >= 0.6 is 17.2 Å². The number of carbonyl (C=O) groups is 1. The molecule has 0 heterocycles. The van der Waals surface area contributed by atoms with Crippen molar-refractivity contribution in [3.05, 3.63) is 191 Å². The van der Waals surface area contributed by atoms with Gasteiger partial charge in [0.1, 0.15) is 34.3 Å². The first-order valence-electron chi connectivity index (χ1n) is 20.3. The Labute approximate surface area is 364 Å². The van der Waals surface area contributed by atoms with Crippen molar-refractivity contribution in [2.45, 2.75) is 41.5 Å². The lowest BCUT2D eigenvalue weighted by atomic mass is 9.89. The maximum atomic E-state index is 14.3. The zero-order chi connectivity index (χ0) is 43.2. The van der Waals surface area contributed by atoms with Crippen molar-refractivity contribution in [2.75, 3.05) is 6.61 Å². The highest BCUT2D eigenvalue weighted by Gasteiger charge is 2.33. The summed E-state index contributed by atoms with van der Waals surface area (Å²) in [5.41, 5.74) is 5.86. The van der Waals surface area contributed by atoms with Gasteiger partial charge < -0.3 is 31.9 Å². The highest BCUT2D eigenvalue weighted by Crippen LogP contribution is 2.55. The van der Waals surface area contributed by atoms with Gasteiger partial charge in [-0.2, -0.15) is 0 Å². The van der Waals surface area contributed by atoms with Crippen LogP contribution in [0, 0.1) is 34.6 Å². The van der Waals surface area contributed by atoms with Gasteiger partial charge in [0.2, 0.25) is 0 Å². The Morgan fingerprint density at radius 1 is 0.419 bits per heavy atom. The van der Waals surface area contributed by atoms with Crippen LogP contribution in [-0.4, -0.2) is 12.6 Å². The quantitative estimate of drug-likeness (QED) is 0.0745. The molecule has 0 N–H and O–H groups in total. The van der Waals surface area contributed by atoms with Crippen LogP contribution in [-0.2, 0) is 4.74 Å². The Balaban J connectivity index is 1.39. The van der Waals surface area contributed by atoms with Crippen LogP contribution < -0.4 is 27.1 Å². The minimum Gasteiger partial charge on any atom is -0.462 e. The van der Waals surface area contributed by atoms with E-state index in [1.54, 1.807) is 13.0 Å². The van der Waals surface area contributed by atoms with Crippen LogP contribution in [0.4, 0.5) is 0 Å². The minimum atomic E-state index is -2.28. The van der Waals surface area contributed by atoms with E-state index < -0.39 is 23.2 Å². The molecule has 62 heavy (non-hydrogen) atoms. The monoisotopic (exact) mass is 860 g/mol. The summed E-state index contributed by atoms with van der Waals surface area (Å²) in [6.07, 6.45) is 0. The van der Waals surface area contributed by atoms with Crippen LogP contribution in [0.3, 0.4) is 0 Å². The van der Waals surface area contributed by atoms with Crippen LogP contribution in [0.2, 0.25) is 0 Å². The lowest BCUT2D eigenvalue weighted by Crippen LogP contribution is -2.11. The topological polar surface area (TPSA) is 81.7 Å². The second-order valence-corrected chi connectivity index (χ2v) is 16.7. The molecule has 0 atom stereocenters. The third kappa shape index (κ3) is 9.18. The molecular formula is C52H46O8P2. The number of carbonyl (C=O) groups excluding carboxylic acids is 1. The summed E-state index contributed by atoms with van der Waals surface area (Å²) in [5.74, 6) is 2.52. The Bertz CT molecular complexity index is 2800. The average molecular weight is 861 g/mol. The van der Waals surface area contributed by atoms with E-state index in [0.29, 0.717) is 39.9 Å². The number of para-hydroxylation sites is 4. The fraction of sp³-hybridized carbons (Fsp3) is 0.135. The third-order valence-corrected chi connectivity index (χ3v) is 12.4. The number of aryl methyl sites for hydroxylation is 5. The summed E-state index contributed by atoms with van der Waals surface area (Å²) in [6.45, 7) is 11.8. The molecular weight excluding hydrogens is 815 g/mol. The van der Waals surface area contributed by atoms with E-state index in [0.717, 1.165) is 49.4 Å². The fourth-order valence-electron chi connectivity index (χ4n) is 7.08. The Morgan fingerprint density at radius 3 is 1.19 bits per heavy atom. The molecule has 0 aromatic heterocycles. The van der Waals surface area contributed by atoms with Crippen molar-refractivity contribution in [1.82, 2.24) is 0 Å². The summed E-state index contributed by atoms with van der Waals surface area (Å²) in [5, 5.41) is 3.37. The van der Waals surface area contributed by atoms with E-state index in [-0.39, 0.29) is 17.9 Å². The maximum absolute atomic E-state index is 14.3. The Kier molecular flexibility index (Phi) is 12.9. The smallest absolute Gasteiger partial charge is 0.462 e. The van der Waals surface area contributed by atoms with Gasteiger partial charge in [-0.3, -0.25) is 0 Å². The van der Waals surface area contributed by atoms with E-state index in [1.807, 2.05) is 174 Å². The van der Waals surface area contributed by atoms with Gasteiger partial charge >= 0.3 is 23.2 Å². The number of esters is 1. The Hall–Kier alpha value is -6.59. The van der Waals surface area contributed by atoms with Crippen molar-refractivity contribution < 1.29 is 36.7 Å². The van der Waals surface area contributed by atoms with E-state index in [2.05, 4.69) is 12.1 Å². The zero-order valence-electron chi connectivity index (χ0n) is 35.4. The minimum absolute atomic E-state index is 0.146. The zero-order valence-corrected chi connectivity index (χ0v) is 37.2. The van der Waals surface area contributed by atoms with E-state index >= 15 is 0 Å². The lowest BCUT2D eigenvalue weighted by molar-refractivity contribution is 0.0524. The molecule has 0 bridgehead atoms. The molecule has 0 amide bonds. The molecule has 0 fully saturated rings. The number of benzene rings is 8. The van der Waals surface area contributed by atoms with Gasteiger partial charge in [-0.1, -0.05) is 121 Å². The first-order chi connectivity index (χ1) is 30.2. The average Bonchev–Trinajstić information content (AvgIpc) is 3.27. The summed E-state index contributed by atoms with van der Waals surface area (Å²) < 4.78 is 46.7. The largest absolute Gasteiger partial charge is 0.530 e. The lowest BCUT2D eigenvalue weighted by Gasteiger charge is -2.26. The molecule has 0 saturated heterocycles. The molecule has 0 radical (unpaired) electrons. The number of fused-ring (bicyclic) bond motifs is 2. The highest BCUT2D eigenvalue weighted by atomic mass is 31.2. The van der Waals surface area contributed by atoms with Crippen molar-refractivity contribution in [3.8, 4) is 45.6 Å². The Morgan fingerprint density at radius 2 is 0.774 bits per heavy atom. The van der Waals surface area contributed by atoms with Gasteiger partial charge in [0.25, 0.3) is 0 Å². The highest BCUT2D eigenvalue weighted by molar-refractivity contribution is 7.43. The first-order valence-corrected chi connectivity index (χ1v) is 22.5. The van der Waals surface area contributed by atoms with Gasteiger partial charge in [-0.15, -0.1) is 0 Å².